The largest absolute Gasteiger partial charge is 0.469 e. The van der Waals surface area contributed by atoms with Crippen molar-refractivity contribution in [1.82, 2.24) is 9.88 Å². The van der Waals surface area contributed by atoms with Gasteiger partial charge in [-0.05, 0) is 38.1 Å². The van der Waals surface area contributed by atoms with Gasteiger partial charge in [0.2, 0.25) is 10.0 Å². The Morgan fingerprint density at radius 3 is 2.73 bits per heavy atom. The summed E-state index contributed by atoms with van der Waals surface area (Å²) in [7, 11) is -3.66. The third kappa shape index (κ3) is 4.07. The van der Waals surface area contributed by atoms with Crippen molar-refractivity contribution in [2.45, 2.75) is 24.5 Å². The minimum Gasteiger partial charge on any atom is -0.469 e. The van der Waals surface area contributed by atoms with Crippen LogP contribution in [0.4, 0.5) is 0 Å². The molecule has 7 nitrogen and oxygen atoms in total. The van der Waals surface area contributed by atoms with E-state index in [0.29, 0.717) is 17.9 Å². The monoisotopic (exact) mass is 396 g/mol. The van der Waals surface area contributed by atoms with Crippen LogP contribution in [0.15, 0.2) is 43.7 Å². The first kappa shape index (κ1) is 18.8. The van der Waals surface area contributed by atoms with Crippen molar-refractivity contribution in [2.75, 3.05) is 13.2 Å². The first-order valence-corrected chi connectivity index (χ1v) is 10.4. The molecule has 0 amide bonds. The van der Waals surface area contributed by atoms with Crippen molar-refractivity contribution in [3.05, 3.63) is 47.7 Å². The molecule has 0 bridgehead atoms. The van der Waals surface area contributed by atoms with Crippen LogP contribution in [-0.2, 0) is 16.4 Å². The van der Waals surface area contributed by atoms with Gasteiger partial charge >= 0.3 is 0 Å². The van der Waals surface area contributed by atoms with E-state index in [1.165, 1.54) is 0 Å². The molecule has 3 aromatic heterocycles. The SMILES string of the molecule is Cc1noc(C)c1-c1ccc(S(=O)(=O)NCC(CO)Cc2ccco2)s1. The van der Waals surface area contributed by atoms with Crippen LogP contribution in [0.2, 0.25) is 0 Å². The Balaban J connectivity index is 1.70. The molecule has 2 N–H and O–H groups in total. The minimum atomic E-state index is -3.66. The first-order chi connectivity index (χ1) is 12.4. The van der Waals surface area contributed by atoms with Crippen molar-refractivity contribution in [3.8, 4) is 10.4 Å². The highest BCUT2D eigenvalue weighted by Gasteiger charge is 2.22. The van der Waals surface area contributed by atoms with Gasteiger partial charge in [-0.25, -0.2) is 13.1 Å². The third-order valence-electron chi connectivity index (χ3n) is 4.02. The van der Waals surface area contributed by atoms with E-state index in [2.05, 4.69) is 9.88 Å². The summed E-state index contributed by atoms with van der Waals surface area (Å²) >= 11 is 1.16. The quantitative estimate of drug-likeness (QED) is 0.606. The molecule has 0 aromatic carbocycles. The fraction of sp³-hybridized carbons (Fsp3) is 0.353. The maximum atomic E-state index is 12.6. The van der Waals surface area contributed by atoms with Crippen molar-refractivity contribution >= 4 is 21.4 Å². The number of furan rings is 1. The standard InChI is InChI=1S/C17H20N2O5S2/c1-11-17(12(2)24-19-11)15-5-6-16(25-15)26(21,22)18-9-13(10-20)8-14-4-3-7-23-14/h3-7,13,18,20H,8-10H2,1-2H3. The predicted octanol–water partition coefficient (Wildman–Crippen LogP) is 2.74. The highest BCUT2D eigenvalue weighted by atomic mass is 32.2. The zero-order chi connectivity index (χ0) is 18.7. The number of nitrogens with zero attached hydrogens (tertiary/aromatic N) is 1. The number of aryl methyl sites for hydroxylation is 2. The predicted molar refractivity (Wildman–Crippen MR) is 97.5 cm³/mol. The molecule has 140 valence electrons. The number of hydrogen-bond donors (Lipinski definition) is 2. The fourth-order valence-electron chi connectivity index (χ4n) is 2.65. The molecule has 0 radical (unpaired) electrons. The number of hydrogen-bond acceptors (Lipinski definition) is 7. The molecule has 3 aromatic rings. The molecule has 0 fully saturated rings. The second-order valence-corrected chi connectivity index (χ2v) is 9.08. The van der Waals surface area contributed by atoms with Crippen molar-refractivity contribution in [1.29, 1.82) is 0 Å². The molecule has 0 aliphatic carbocycles. The molecular weight excluding hydrogens is 376 g/mol. The van der Waals surface area contributed by atoms with E-state index in [-0.39, 0.29) is 23.3 Å². The van der Waals surface area contributed by atoms with E-state index in [1.807, 2.05) is 6.92 Å². The van der Waals surface area contributed by atoms with E-state index in [9.17, 15) is 13.5 Å². The van der Waals surface area contributed by atoms with E-state index < -0.39 is 10.0 Å². The number of rotatable bonds is 8. The zero-order valence-corrected chi connectivity index (χ0v) is 16.1. The van der Waals surface area contributed by atoms with Crippen LogP contribution < -0.4 is 4.72 Å². The highest BCUT2D eigenvalue weighted by Crippen LogP contribution is 2.34. The highest BCUT2D eigenvalue weighted by molar-refractivity contribution is 7.91. The Bertz CT molecular complexity index is 938. The van der Waals surface area contributed by atoms with E-state index >= 15 is 0 Å². The van der Waals surface area contributed by atoms with Gasteiger partial charge in [0.05, 0.1) is 17.5 Å². The minimum absolute atomic E-state index is 0.123. The van der Waals surface area contributed by atoms with Crippen LogP contribution >= 0.6 is 11.3 Å². The zero-order valence-electron chi connectivity index (χ0n) is 14.4. The molecule has 9 heteroatoms. The molecule has 3 heterocycles. The number of aromatic nitrogens is 1. The summed E-state index contributed by atoms with van der Waals surface area (Å²) in [4.78, 5) is 0.788. The van der Waals surface area contributed by atoms with Crippen molar-refractivity contribution in [3.63, 3.8) is 0 Å². The Hall–Kier alpha value is -1.94. The molecule has 26 heavy (non-hydrogen) atoms. The third-order valence-corrected chi connectivity index (χ3v) is 7.03. The molecule has 0 aliphatic rings. The number of aliphatic hydroxyl groups excluding tert-OH is 1. The molecule has 0 spiro atoms. The van der Waals surface area contributed by atoms with Crippen LogP contribution in [0, 0.1) is 19.8 Å². The van der Waals surface area contributed by atoms with Crippen molar-refractivity contribution in [2.24, 2.45) is 5.92 Å². The molecule has 0 saturated carbocycles. The van der Waals surface area contributed by atoms with Crippen LogP contribution in [0.1, 0.15) is 17.2 Å². The van der Waals surface area contributed by atoms with Gasteiger partial charge in [0.1, 0.15) is 15.7 Å². The van der Waals surface area contributed by atoms with Crippen LogP contribution in [0.5, 0.6) is 0 Å². The topological polar surface area (TPSA) is 106 Å². The molecule has 1 unspecified atom stereocenters. The van der Waals surface area contributed by atoms with E-state index in [4.69, 9.17) is 8.94 Å². The van der Waals surface area contributed by atoms with Gasteiger partial charge in [-0.3, -0.25) is 0 Å². The maximum absolute atomic E-state index is 12.6. The second kappa shape index (κ2) is 7.75. The Labute approximate surface area is 155 Å². The van der Waals surface area contributed by atoms with Gasteiger partial charge in [-0.2, -0.15) is 0 Å². The van der Waals surface area contributed by atoms with Gasteiger partial charge < -0.3 is 14.0 Å². The lowest BCUT2D eigenvalue weighted by Gasteiger charge is -2.13. The van der Waals surface area contributed by atoms with Gasteiger partial charge in [-0.1, -0.05) is 5.16 Å². The average Bonchev–Trinajstić information content (AvgIpc) is 3.33. The second-order valence-electron chi connectivity index (χ2n) is 6.00. The lowest BCUT2D eigenvalue weighted by atomic mass is 10.1. The van der Waals surface area contributed by atoms with Crippen molar-refractivity contribution < 1.29 is 22.5 Å². The molecule has 0 saturated heterocycles. The summed E-state index contributed by atoms with van der Waals surface area (Å²) < 4.78 is 38.3. The normalized spacial score (nSPS) is 13.2. The summed E-state index contributed by atoms with van der Waals surface area (Å²) in [5, 5.41) is 13.4. The Kier molecular flexibility index (Phi) is 5.61. The summed E-state index contributed by atoms with van der Waals surface area (Å²) in [6.07, 6.45) is 2.01. The summed E-state index contributed by atoms with van der Waals surface area (Å²) in [5.41, 5.74) is 1.54. The smallest absolute Gasteiger partial charge is 0.250 e. The summed E-state index contributed by atoms with van der Waals surface area (Å²) in [6.45, 7) is 3.59. The van der Waals surface area contributed by atoms with Crippen LogP contribution in [-0.4, -0.2) is 31.8 Å². The Morgan fingerprint density at radius 2 is 2.12 bits per heavy atom. The molecule has 3 rings (SSSR count). The number of sulfonamides is 1. The molecule has 1 atom stereocenters. The summed E-state index contributed by atoms with van der Waals surface area (Å²) in [5.74, 6) is 1.10. The van der Waals surface area contributed by atoms with Gasteiger partial charge in [0, 0.05) is 30.4 Å². The number of thiophene rings is 1. The number of aliphatic hydroxyl groups is 1. The molecular formula is C17H20N2O5S2. The van der Waals surface area contributed by atoms with E-state index in [0.717, 1.165) is 27.5 Å². The van der Waals surface area contributed by atoms with Gasteiger partial charge in [0.15, 0.2) is 0 Å². The Morgan fingerprint density at radius 1 is 1.31 bits per heavy atom. The fourth-order valence-corrected chi connectivity index (χ4v) is 5.26. The van der Waals surface area contributed by atoms with Gasteiger partial charge in [-0.15, -0.1) is 11.3 Å². The first-order valence-electron chi connectivity index (χ1n) is 8.06. The average molecular weight is 396 g/mol. The number of nitrogens with one attached hydrogen (secondary N) is 1. The van der Waals surface area contributed by atoms with Crippen LogP contribution in [0.25, 0.3) is 10.4 Å². The molecule has 0 aliphatic heterocycles. The lowest BCUT2D eigenvalue weighted by molar-refractivity contribution is 0.221. The van der Waals surface area contributed by atoms with Gasteiger partial charge in [0.25, 0.3) is 0 Å². The maximum Gasteiger partial charge on any atom is 0.250 e. The van der Waals surface area contributed by atoms with E-state index in [1.54, 1.807) is 37.5 Å². The lowest BCUT2D eigenvalue weighted by Crippen LogP contribution is -2.31. The summed E-state index contributed by atoms with van der Waals surface area (Å²) in [6, 6.07) is 6.87. The van der Waals surface area contributed by atoms with Crippen LogP contribution in [0.3, 0.4) is 0 Å².